The molecule has 0 aromatic heterocycles. The minimum Gasteiger partial charge on any atom is -0.457 e. The lowest BCUT2D eigenvalue weighted by atomic mass is 9.90. The molecule has 0 fully saturated rings. The Morgan fingerprint density at radius 2 is 1.53 bits per heavy atom. The first kappa shape index (κ1) is 23.4. The minimum atomic E-state index is -0.377. The lowest BCUT2D eigenvalue weighted by Gasteiger charge is -2.15. The Kier molecular flexibility index (Phi) is 7.19. The van der Waals surface area contributed by atoms with Crippen LogP contribution < -0.4 is 5.73 Å². The second-order valence-corrected chi connectivity index (χ2v) is 8.75. The standard InChI is InChI=1S/C30H29NO3/c1-20-7-14-27(21(2)15-20)30(33)34-19-22-8-12-25(13-9-22)28(18-31)29(32)17-23-10-11-24-5-3-4-6-26(24)16-23/h3-16,28H,17-19,31H2,1-2H3/t28-/m1/s1. The molecule has 0 saturated carbocycles. The molecule has 0 aliphatic rings. The number of ketones is 1. The highest BCUT2D eigenvalue weighted by Gasteiger charge is 2.19. The normalized spacial score (nSPS) is 11.9. The van der Waals surface area contributed by atoms with Crippen LogP contribution in [0.3, 0.4) is 0 Å². The van der Waals surface area contributed by atoms with Crippen LogP contribution in [-0.2, 0) is 22.6 Å². The molecule has 4 aromatic carbocycles. The van der Waals surface area contributed by atoms with Gasteiger partial charge in [0.15, 0.2) is 0 Å². The zero-order valence-electron chi connectivity index (χ0n) is 19.6. The molecule has 4 nitrogen and oxygen atoms in total. The number of benzene rings is 4. The van der Waals surface area contributed by atoms with E-state index in [1.165, 1.54) is 0 Å². The molecular weight excluding hydrogens is 422 g/mol. The summed E-state index contributed by atoms with van der Waals surface area (Å²) in [7, 11) is 0. The third kappa shape index (κ3) is 5.41. The topological polar surface area (TPSA) is 69.4 Å². The molecular formula is C30H29NO3. The fourth-order valence-electron chi connectivity index (χ4n) is 4.24. The number of ether oxygens (including phenoxy) is 1. The third-order valence-electron chi connectivity index (χ3n) is 6.17. The van der Waals surface area contributed by atoms with Crippen LogP contribution in [0.5, 0.6) is 0 Å². The molecule has 0 bridgehead atoms. The number of aryl methyl sites for hydroxylation is 2. The first-order valence-electron chi connectivity index (χ1n) is 11.5. The maximum Gasteiger partial charge on any atom is 0.338 e. The van der Waals surface area contributed by atoms with Gasteiger partial charge in [0.05, 0.1) is 11.5 Å². The Bertz CT molecular complexity index is 1320. The van der Waals surface area contributed by atoms with Crippen LogP contribution in [-0.4, -0.2) is 18.3 Å². The second-order valence-electron chi connectivity index (χ2n) is 8.75. The fourth-order valence-corrected chi connectivity index (χ4v) is 4.24. The molecule has 0 saturated heterocycles. The molecule has 4 heteroatoms. The molecule has 4 aromatic rings. The predicted molar refractivity (Wildman–Crippen MR) is 136 cm³/mol. The van der Waals surface area contributed by atoms with E-state index < -0.39 is 0 Å². The molecule has 0 unspecified atom stereocenters. The maximum atomic E-state index is 13.0. The number of Topliss-reactive ketones (excluding diaryl/α,β-unsaturated/α-hetero) is 1. The Hall–Kier alpha value is -3.76. The molecule has 0 radical (unpaired) electrons. The van der Waals surface area contributed by atoms with E-state index in [0.717, 1.165) is 38.6 Å². The fraction of sp³-hybridized carbons (Fsp3) is 0.200. The van der Waals surface area contributed by atoms with Crippen molar-refractivity contribution < 1.29 is 14.3 Å². The summed E-state index contributed by atoms with van der Waals surface area (Å²) in [6.07, 6.45) is 0.335. The van der Waals surface area contributed by atoms with E-state index in [4.69, 9.17) is 10.5 Å². The number of carbonyl (C=O) groups is 2. The van der Waals surface area contributed by atoms with Crippen LogP contribution in [0.15, 0.2) is 84.9 Å². The van der Waals surface area contributed by atoms with Crippen molar-refractivity contribution in [2.24, 2.45) is 5.73 Å². The zero-order chi connectivity index (χ0) is 24.1. The molecule has 34 heavy (non-hydrogen) atoms. The highest BCUT2D eigenvalue weighted by molar-refractivity contribution is 5.91. The largest absolute Gasteiger partial charge is 0.457 e. The van der Waals surface area contributed by atoms with E-state index in [1.54, 1.807) is 6.07 Å². The predicted octanol–water partition coefficient (Wildman–Crippen LogP) is 5.67. The first-order valence-corrected chi connectivity index (χ1v) is 11.5. The summed E-state index contributed by atoms with van der Waals surface area (Å²) in [5, 5.41) is 2.28. The van der Waals surface area contributed by atoms with Crippen molar-refractivity contribution in [1.82, 2.24) is 0 Å². The van der Waals surface area contributed by atoms with Crippen LogP contribution in [0, 0.1) is 13.8 Å². The van der Waals surface area contributed by atoms with Crippen molar-refractivity contribution in [3.8, 4) is 0 Å². The first-order chi connectivity index (χ1) is 16.4. The number of nitrogens with two attached hydrogens (primary N) is 1. The average molecular weight is 452 g/mol. The van der Waals surface area contributed by atoms with Gasteiger partial charge in [-0.3, -0.25) is 4.79 Å². The van der Waals surface area contributed by atoms with Gasteiger partial charge in [-0.25, -0.2) is 4.79 Å². The maximum absolute atomic E-state index is 13.0. The summed E-state index contributed by atoms with van der Waals surface area (Å²) < 4.78 is 5.49. The Morgan fingerprint density at radius 3 is 2.24 bits per heavy atom. The molecule has 0 heterocycles. The number of carbonyl (C=O) groups excluding carboxylic acids is 2. The number of esters is 1. The van der Waals surface area contributed by atoms with Gasteiger partial charge in [-0.15, -0.1) is 0 Å². The summed E-state index contributed by atoms with van der Waals surface area (Å²) >= 11 is 0. The highest BCUT2D eigenvalue weighted by Crippen LogP contribution is 2.22. The SMILES string of the molecule is Cc1ccc(C(=O)OCc2ccc([C@@H](CN)C(=O)Cc3ccc4ccccc4c3)cc2)c(C)c1. The van der Waals surface area contributed by atoms with Gasteiger partial charge in [-0.1, -0.05) is 84.4 Å². The van der Waals surface area contributed by atoms with Gasteiger partial charge < -0.3 is 10.5 Å². The van der Waals surface area contributed by atoms with Crippen molar-refractivity contribution in [3.05, 3.63) is 118 Å². The zero-order valence-corrected chi connectivity index (χ0v) is 19.6. The van der Waals surface area contributed by atoms with Gasteiger partial charge in [0, 0.05) is 13.0 Å². The summed E-state index contributed by atoms with van der Waals surface area (Å²) in [5.74, 6) is -0.628. The van der Waals surface area contributed by atoms with Crippen molar-refractivity contribution in [1.29, 1.82) is 0 Å². The van der Waals surface area contributed by atoms with Gasteiger partial charge in [0.2, 0.25) is 0 Å². The number of rotatable bonds is 8. The monoisotopic (exact) mass is 451 g/mol. The number of hydrogen-bond acceptors (Lipinski definition) is 4. The van der Waals surface area contributed by atoms with E-state index in [9.17, 15) is 9.59 Å². The van der Waals surface area contributed by atoms with E-state index >= 15 is 0 Å². The second kappa shape index (κ2) is 10.4. The number of fused-ring (bicyclic) bond motifs is 1. The van der Waals surface area contributed by atoms with Gasteiger partial charge in [-0.2, -0.15) is 0 Å². The van der Waals surface area contributed by atoms with Crippen molar-refractivity contribution >= 4 is 22.5 Å². The van der Waals surface area contributed by atoms with E-state index in [2.05, 4.69) is 18.2 Å². The van der Waals surface area contributed by atoms with Crippen LogP contribution in [0.1, 0.15) is 44.1 Å². The molecule has 0 aliphatic heterocycles. The van der Waals surface area contributed by atoms with Crippen LogP contribution in [0.2, 0.25) is 0 Å². The van der Waals surface area contributed by atoms with Gasteiger partial charge in [0.1, 0.15) is 12.4 Å². The van der Waals surface area contributed by atoms with Crippen LogP contribution in [0.4, 0.5) is 0 Å². The molecule has 0 amide bonds. The molecule has 4 rings (SSSR count). The van der Waals surface area contributed by atoms with Crippen molar-refractivity contribution in [2.45, 2.75) is 32.8 Å². The van der Waals surface area contributed by atoms with Crippen LogP contribution in [0.25, 0.3) is 10.8 Å². The van der Waals surface area contributed by atoms with Gasteiger partial charge in [-0.05, 0) is 52.9 Å². The summed E-state index contributed by atoms with van der Waals surface area (Å²) in [6, 6.07) is 27.5. The van der Waals surface area contributed by atoms with Crippen molar-refractivity contribution in [3.63, 3.8) is 0 Å². The highest BCUT2D eigenvalue weighted by atomic mass is 16.5. The molecule has 2 N–H and O–H groups in total. The van der Waals surface area contributed by atoms with E-state index in [0.29, 0.717) is 12.0 Å². The average Bonchev–Trinajstić information content (AvgIpc) is 2.83. The van der Waals surface area contributed by atoms with E-state index in [-0.39, 0.29) is 30.8 Å². The molecule has 0 spiro atoms. The molecule has 0 aliphatic carbocycles. The lowest BCUT2D eigenvalue weighted by Crippen LogP contribution is -2.23. The van der Waals surface area contributed by atoms with Gasteiger partial charge in [0.25, 0.3) is 0 Å². The molecule has 172 valence electrons. The van der Waals surface area contributed by atoms with Crippen LogP contribution >= 0.6 is 0 Å². The summed E-state index contributed by atoms with van der Waals surface area (Å²) in [6.45, 7) is 4.31. The number of hydrogen-bond donors (Lipinski definition) is 1. The summed E-state index contributed by atoms with van der Waals surface area (Å²) in [4.78, 5) is 25.5. The third-order valence-corrected chi connectivity index (χ3v) is 6.17. The quantitative estimate of drug-likeness (QED) is 0.351. The van der Waals surface area contributed by atoms with Gasteiger partial charge >= 0.3 is 5.97 Å². The van der Waals surface area contributed by atoms with E-state index in [1.807, 2.05) is 74.5 Å². The summed E-state index contributed by atoms with van der Waals surface area (Å²) in [5.41, 5.74) is 11.3. The minimum absolute atomic E-state index is 0.0896. The smallest absolute Gasteiger partial charge is 0.338 e. The lowest BCUT2D eigenvalue weighted by molar-refractivity contribution is -0.119. The Balaban J connectivity index is 1.39. The Labute approximate surface area is 200 Å². The van der Waals surface area contributed by atoms with Crippen molar-refractivity contribution in [2.75, 3.05) is 6.54 Å². The molecule has 1 atom stereocenters. The Morgan fingerprint density at radius 1 is 0.824 bits per heavy atom.